The summed E-state index contributed by atoms with van der Waals surface area (Å²) in [5.41, 5.74) is 3.87. The molecule has 0 fully saturated rings. The van der Waals surface area contributed by atoms with Crippen LogP contribution >= 0.6 is 0 Å². The van der Waals surface area contributed by atoms with Gasteiger partial charge in [0, 0.05) is 17.8 Å². The van der Waals surface area contributed by atoms with E-state index in [1.165, 1.54) is 5.56 Å². The van der Waals surface area contributed by atoms with Crippen molar-refractivity contribution in [3.05, 3.63) is 71.8 Å². The first kappa shape index (κ1) is 15.3. The number of benzene rings is 2. The molecule has 1 aliphatic rings. The molecular formula is C20H21NO2. The van der Waals surface area contributed by atoms with Gasteiger partial charge >= 0.3 is 0 Å². The van der Waals surface area contributed by atoms with E-state index >= 15 is 0 Å². The largest absolute Gasteiger partial charge is 0.489 e. The van der Waals surface area contributed by atoms with E-state index in [0.717, 1.165) is 30.6 Å². The van der Waals surface area contributed by atoms with Gasteiger partial charge in [-0.3, -0.25) is 4.79 Å². The molecule has 0 spiro atoms. The molecule has 0 saturated carbocycles. The molecule has 1 heterocycles. The summed E-state index contributed by atoms with van der Waals surface area (Å²) in [7, 11) is 0. The zero-order chi connectivity index (χ0) is 16.2. The van der Waals surface area contributed by atoms with Crippen molar-refractivity contribution in [3.63, 3.8) is 0 Å². The van der Waals surface area contributed by atoms with Gasteiger partial charge in [0.15, 0.2) is 0 Å². The monoisotopic (exact) mass is 307 g/mol. The minimum Gasteiger partial charge on any atom is -0.489 e. The molecule has 0 saturated heterocycles. The Labute approximate surface area is 137 Å². The van der Waals surface area contributed by atoms with Gasteiger partial charge in [0.05, 0.1) is 0 Å². The molecule has 0 aliphatic carbocycles. The summed E-state index contributed by atoms with van der Waals surface area (Å²) >= 11 is 0. The van der Waals surface area contributed by atoms with Crippen molar-refractivity contribution in [3.8, 4) is 5.75 Å². The molecule has 2 aromatic carbocycles. The van der Waals surface area contributed by atoms with Crippen LogP contribution in [0.15, 0.2) is 60.7 Å². The van der Waals surface area contributed by atoms with E-state index in [0.29, 0.717) is 17.9 Å². The van der Waals surface area contributed by atoms with Crippen molar-refractivity contribution in [1.29, 1.82) is 0 Å². The maximum absolute atomic E-state index is 12.9. The summed E-state index contributed by atoms with van der Waals surface area (Å²) < 4.78 is 5.64. The van der Waals surface area contributed by atoms with Crippen LogP contribution in [-0.2, 0) is 6.42 Å². The van der Waals surface area contributed by atoms with Crippen LogP contribution in [0, 0.1) is 0 Å². The molecule has 0 unspecified atom stereocenters. The average molecular weight is 307 g/mol. The van der Waals surface area contributed by atoms with E-state index in [1.54, 1.807) is 0 Å². The molecule has 0 N–H and O–H groups in total. The maximum Gasteiger partial charge on any atom is 0.258 e. The number of anilines is 1. The van der Waals surface area contributed by atoms with Crippen LogP contribution in [0.4, 0.5) is 5.69 Å². The van der Waals surface area contributed by atoms with E-state index in [2.05, 4.69) is 12.6 Å². The predicted octanol–water partition coefficient (Wildman–Crippen LogP) is 4.23. The molecule has 1 amide bonds. The molecule has 23 heavy (non-hydrogen) atoms. The number of carbonyl (C=O) groups is 1. The van der Waals surface area contributed by atoms with E-state index in [4.69, 9.17) is 4.74 Å². The smallest absolute Gasteiger partial charge is 0.258 e. The number of carbonyl (C=O) groups excluding carboxylic acids is 1. The number of aryl methyl sites for hydroxylation is 1. The van der Waals surface area contributed by atoms with Gasteiger partial charge in [-0.2, -0.15) is 0 Å². The molecule has 0 atom stereocenters. The van der Waals surface area contributed by atoms with E-state index in [9.17, 15) is 4.79 Å². The molecule has 0 aromatic heterocycles. The summed E-state index contributed by atoms with van der Waals surface area (Å²) in [6.45, 7) is 6.96. The minimum atomic E-state index is 0.0259. The number of rotatable bonds is 4. The van der Waals surface area contributed by atoms with Gasteiger partial charge in [0.2, 0.25) is 0 Å². The molecule has 0 radical (unpaired) electrons. The fourth-order valence-corrected chi connectivity index (χ4v) is 2.83. The van der Waals surface area contributed by atoms with Crippen LogP contribution in [0.3, 0.4) is 0 Å². The zero-order valence-corrected chi connectivity index (χ0v) is 13.4. The average Bonchev–Trinajstić information content (AvgIpc) is 2.59. The van der Waals surface area contributed by atoms with E-state index in [-0.39, 0.29) is 5.91 Å². The first-order valence-corrected chi connectivity index (χ1v) is 7.92. The Morgan fingerprint density at radius 1 is 1.22 bits per heavy atom. The van der Waals surface area contributed by atoms with Crippen LogP contribution in [0.2, 0.25) is 0 Å². The number of amides is 1. The first-order valence-electron chi connectivity index (χ1n) is 7.92. The van der Waals surface area contributed by atoms with Crippen molar-refractivity contribution in [2.45, 2.75) is 19.8 Å². The summed E-state index contributed by atoms with van der Waals surface area (Å²) in [5, 5.41) is 0. The van der Waals surface area contributed by atoms with Gasteiger partial charge in [-0.15, -0.1) is 0 Å². The van der Waals surface area contributed by atoms with Crippen LogP contribution in [0.5, 0.6) is 5.75 Å². The highest BCUT2D eigenvalue weighted by Crippen LogP contribution is 2.28. The number of hydrogen-bond acceptors (Lipinski definition) is 2. The van der Waals surface area contributed by atoms with Crippen LogP contribution in [0.25, 0.3) is 0 Å². The highest BCUT2D eigenvalue weighted by molar-refractivity contribution is 6.07. The Morgan fingerprint density at radius 2 is 2.04 bits per heavy atom. The van der Waals surface area contributed by atoms with Crippen molar-refractivity contribution in [1.82, 2.24) is 0 Å². The third kappa shape index (κ3) is 3.45. The van der Waals surface area contributed by atoms with Gasteiger partial charge in [-0.05, 0) is 55.2 Å². The lowest BCUT2D eigenvalue weighted by atomic mass is 10.0. The molecule has 118 valence electrons. The molecule has 3 nitrogen and oxygen atoms in total. The summed E-state index contributed by atoms with van der Waals surface area (Å²) in [6.07, 6.45) is 2.02. The molecule has 3 heteroatoms. The molecule has 1 aliphatic heterocycles. The second-order valence-corrected chi connectivity index (χ2v) is 5.96. The number of hydrogen-bond donors (Lipinski definition) is 0. The highest BCUT2D eigenvalue weighted by atomic mass is 16.5. The Balaban J connectivity index is 1.84. The van der Waals surface area contributed by atoms with Gasteiger partial charge < -0.3 is 9.64 Å². The van der Waals surface area contributed by atoms with E-state index in [1.807, 2.05) is 54.3 Å². The van der Waals surface area contributed by atoms with Gasteiger partial charge in [0.1, 0.15) is 12.4 Å². The first-order chi connectivity index (χ1) is 11.1. The Morgan fingerprint density at radius 3 is 2.87 bits per heavy atom. The van der Waals surface area contributed by atoms with Gasteiger partial charge in [-0.25, -0.2) is 0 Å². The summed E-state index contributed by atoms with van der Waals surface area (Å²) in [4.78, 5) is 14.8. The molecule has 2 aromatic rings. The summed E-state index contributed by atoms with van der Waals surface area (Å²) in [5.74, 6) is 0.724. The van der Waals surface area contributed by atoms with E-state index < -0.39 is 0 Å². The fraction of sp³-hybridized carbons (Fsp3) is 0.250. The molecule has 0 bridgehead atoms. The standard InChI is InChI=1S/C20H21NO2/c1-15(2)14-23-18-10-5-8-17(13-18)20(22)21-12-6-9-16-7-3-4-11-19(16)21/h3-5,7-8,10-11,13H,1,6,9,12,14H2,2H3. The van der Waals surface area contributed by atoms with Crippen LogP contribution in [0.1, 0.15) is 29.3 Å². The number of ether oxygens (including phenoxy) is 1. The fourth-order valence-electron chi connectivity index (χ4n) is 2.83. The predicted molar refractivity (Wildman–Crippen MR) is 93.2 cm³/mol. The van der Waals surface area contributed by atoms with Crippen molar-refractivity contribution in [2.75, 3.05) is 18.1 Å². The normalized spacial score (nSPS) is 13.3. The minimum absolute atomic E-state index is 0.0259. The Bertz CT molecular complexity index is 736. The molecular weight excluding hydrogens is 286 g/mol. The lowest BCUT2D eigenvalue weighted by Gasteiger charge is -2.29. The Hall–Kier alpha value is -2.55. The maximum atomic E-state index is 12.9. The second-order valence-electron chi connectivity index (χ2n) is 5.96. The lowest BCUT2D eigenvalue weighted by molar-refractivity contribution is 0.0984. The third-order valence-electron chi connectivity index (χ3n) is 3.92. The van der Waals surface area contributed by atoms with Crippen LogP contribution in [-0.4, -0.2) is 19.1 Å². The highest BCUT2D eigenvalue weighted by Gasteiger charge is 2.23. The Kier molecular flexibility index (Phi) is 4.47. The topological polar surface area (TPSA) is 29.5 Å². The van der Waals surface area contributed by atoms with Crippen molar-refractivity contribution >= 4 is 11.6 Å². The van der Waals surface area contributed by atoms with Crippen LogP contribution < -0.4 is 9.64 Å². The van der Waals surface area contributed by atoms with Crippen molar-refractivity contribution in [2.24, 2.45) is 0 Å². The summed E-state index contributed by atoms with van der Waals surface area (Å²) in [6, 6.07) is 15.5. The number of para-hydroxylation sites is 1. The number of fused-ring (bicyclic) bond motifs is 1. The van der Waals surface area contributed by atoms with Crippen molar-refractivity contribution < 1.29 is 9.53 Å². The van der Waals surface area contributed by atoms with Gasteiger partial charge in [-0.1, -0.05) is 30.8 Å². The third-order valence-corrected chi connectivity index (χ3v) is 3.92. The number of nitrogens with zero attached hydrogens (tertiary/aromatic N) is 1. The second kappa shape index (κ2) is 6.69. The quantitative estimate of drug-likeness (QED) is 0.791. The van der Waals surface area contributed by atoms with Gasteiger partial charge in [0.25, 0.3) is 5.91 Å². The molecule has 3 rings (SSSR count). The zero-order valence-electron chi connectivity index (χ0n) is 13.4. The SMILES string of the molecule is C=C(C)COc1cccc(C(=O)N2CCCc3ccccc32)c1. The lowest BCUT2D eigenvalue weighted by Crippen LogP contribution is -2.35.